The van der Waals surface area contributed by atoms with Crippen molar-refractivity contribution >= 4 is 23.2 Å². The average molecular weight is 291 g/mol. The second-order valence-electron chi connectivity index (χ2n) is 6.03. The quantitative estimate of drug-likeness (QED) is 0.781. The fraction of sp³-hybridized carbons (Fsp3) is 0.500. The summed E-state index contributed by atoms with van der Waals surface area (Å²) >= 11 is 0. The zero-order valence-corrected chi connectivity index (χ0v) is 13.5. The number of rotatable bonds is 5. The van der Waals surface area contributed by atoms with Crippen LogP contribution in [0.5, 0.6) is 0 Å². The van der Waals surface area contributed by atoms with Crippen LogP contribution < -0.4 is 16.0 Å². The molecule has 0 saturated carbocycles. The molecule has 3 N–H and O–H groups in total. The second kappa shape index (κ2) is 7.22. The molecule has 5 heteroatoms. The third kappa shape index (κ3) is 5.95. The Hall–Kier alpha value is -1.88. The minimum atomic E-state index is -0.108. The van der Waals surface area contributed by atoms with E-state index in [9.17, 15) is 9.59 Å². The van der Waals surface area contributed by atoms with Crippen molar-refractivity contribution < 1.29 is 9.59 Å². The van der Waals surface area contributed by atoms with Gasteiger partial charge in [0.2, 0.25) is 11.8 Å². The SMILES string of the molecule is CCC(=O)Nc1cccc(NC(=O)CNC(C)(C)C)c1C. The number of amides is 2. The highest BCUT2D eigenvalue weighted by atomic mass is 16.2. The summed E-state index contributed by atoms with van der Waals surface area (Å²) in [5.74, 6) is -0.150. The summed E-state index contributed by atoms with van der Waals surface area (Å²) in [7, 11) is 0. The van der Waals surface area contributed by atoms with Gasteiger partial charge in [0, 0.05) is 23.3 Å². The van der Waals surface area contributed by atoms with Crippen LogP contribution in [0.2, 0.25) is 0 Å². The molecular formula is C16H25N3O2. The average Bonchev–Trinajstić information content (AvgIpc) is 2.40. The van der Waals surface area contributed by atoms with E-state index in [1.165, 1.54) is 0 Å². The number of hydrogen-bond acceptors (Lipinski definition) is 3. The van der Waals surface area contributed by atoms with Gasteiger partial charge in [-0.15, -0.1) is 0 Å². The molecule has 0 saturated heterocycles. The van der Waals surface area contributed by atoms with Crippen LogP contribution in [0.3, 0.4) is 0 Å². The first-order valence-electron chi connectivity index (χ1n) is 7.17. The fourth-order valence-electron chi connectivity index (χ4n) is 1.68. The smallest absolute Gasteiger partial charge is 0.238 e. The van der Waals surface area contributed by atoms with Gasteiger partial charge in [-0.05, 0) is 45.4 Å². The van der Waals surface area contributed by atoms with Crippen LogP contribution in [0.4, 0.5) is 11.4 Å². The van der Waals surface area contributed by atoms with Crippen LogP contribution in [-0.4, -0.2) is 23.9 Å². The monoisotopic (exact) mass is 291 g/mol. The van der Waals surface area contributed by atoms with Crippen LogP contribution in [0.25, 0.3) is 0 Å². The van der Waals surface area contributed by atoms with Gasteiger partial charge in [0.05, 0.1) is 6.54 Å². The lowest BCUT2D eigenvalue weighted by atomic mass is 10.1. The predicted octanol–water partition coefficient (Wildman–Crippen LogP) is 2.67. The van der Waals surface area contributed by atoms with Crippen molar-refractivity contribution in [2.45, 2.75) is 46.6 Å². The van der Waals surface area contributed by atoms with Gasteiger partial charge in [0.1, 0.15) is 0 Å². The van der Waals surface area contributed by atoms with Crippen LogP contribution in [-0.2, 0) is 9.59 Å². The number of nitrogens with one attached hydrogen (secondary N) is 3. The van der Waals surface area contributed by atoms with Gasteiger partial charge in [-0.1, -0.05) is 13.0 Å². The Labute approximate surface area is 126 Å². The third-order valence-corrected chi connectivity index (χ3v) is 2.98. The Balaban J connectivity index is 2.73. The van der Waals surface area contributed by atoms with Gasteiger partial charge in [0.15, 0.2) is 0 Å². The van der Waals surface area contributed by atoms with Crippen molar-refractivity contribution in [3.63, 3.8) is 0 Å². The van der Waals surface area contributed by atoms with Crippen LogP contribution in [0.15, 0.2) is 18.2 Å². The first-order chi connectivity index (χ1) is 9.73. The van der Waals surface area contributed by atoms with Crippen molar-refractivity contribution in [2.75, 3.05) is 17.2 Å². The second-order valence-corrected chi connectivity index (χ2v) is 6.03. The molecule has 0 bridgehead atoms. The largest absolute Gasteiger partial charge is 0.326 e. The summed E-state index contributed by atoms with van der Waals surface area (Å²) in [4.78, 5) is 23.4. The topological polar surface area (TPSA) is 70.2 Å². The van der Waals surface area contributed by atoms with Crippen molar-refractivity contribution in [1.29, 1.82) is 0 Å². The molecule has 0 spiro atoms. The first kappa shape index (κ1) is 17.2. The lowest BCUT2D eigenvalue weighted by Gasteiger charge is -2.20. The van der Waals surface area contributed by atoms with E-state index in [4.69, 9.17) is 0 Å². The molecule has 0 unspecified atom stereocenters. The van der Waals surface area contributed by atoms with E-state index in [2.05, 4.69) is 16.0 Å². The van der Waals surface area contributed by atoms with Gasteiger partial charge in [0.25, 0.3) is 0 Å². The lowest BCUT2D eigenvalue weighted by molar-refractivity contribution is -0.116. The molecule has 0 fully saturated rings. The Kier molecular flexibility index (Phi) is 5.90. The summed E-state index contributed by atoms with van der Waals surface area (Å²) in [6.07, 6.45) is 0.422. The molecule has 5 nitrogen and oxygen atoms in total. The molecule has 0 aliphatic carbocycles. The number of carbonyl (C=O) groups is 2. The maximum absolute atomic E-state index is 11.9. The van der Waals surface area contributed by atoms with Crippen LogP contribution in [0.1, 0.15) is 39.7 Å². The lowest BCUT2D eigenvalue weighted by Crippen LogP contribution is -2.41. The van der Waals surface area contributed by atoms with Gasteiger partial charge < -0.3 is 16.0 Å². The predicted molar refractivity (Wildman–Crippen MR) is 86.5 cm³/mol. The molecule has 0 radical (unpaired) electrons. The molecule has 0 aliphatic rings. The molecule has 2 amide bonds. The Bertz CT molecular complexity index is 519. The summed E-state index contributed by atoms with van der Waals surface area (Å²) in [5, 5.41) is 8.82. The summed E-state index contributed by atoms with van der Waals surface area (Å²) < 4.78 is 0. The van der Waals surface area contributed by atoms with Crippen molar-refractivity contribution in [3.05, 3.63) is 23.8 Å². The molecule has 0 aromatic heterocycles. The van der Waals surface area contributed by atoms with Gasteiger partial charge >= 0.3 is 0 Å². The molecule has 116 valence electrons. The fourth-order valence-corrected chi connectivity index (χ4v) is 1.68. The minimum Gasteiger partial charge on any atom is -0.326 e. The van der Waals surface area contributed by atoms with E-state index in [0.29, 0.717) is 12.1 Å². The Morgan fingerprint density at radius 2 is 1.57 bits per heavy atom. The van der Waals surface area contributed by atoms with E-state index >= 15 is 0 Å². The number of benzene rings is 1. The summed E-state index contributed by atoms with van der Waals surface area (Å²) in [5.41, 5.74) is 2.18. The van der Waals surface area contributed by atoms with Gasteiger partial charge in [-0.25, -0.2) is 0 Å². The number of anilines is 2. The highest BCUT2D eigenvalue weighted by Gasteiger charge is 2.13. The van der Waals surface area contributed by atoms with E-state index in [0.717, 1.165) is 11.3 Å². The van der Waals surface area contributed by atoms with Crippen molar-refractivity contribution in [1.82, 2.24) is 5.32 Å². The van der Waals surface area contributed by atoms with Crippen molar-refractivity contribution in [2.24, 2.45) is 0 Å². The van der Waals surface area contributed by atoms with Crippen molar-refractivity contribution in [3.8, 4) is 0 Å². The van der Waals surface area contributed by atoms with Crippen LogP contribution >= 0.6 is 0 Å². The van der Waals surface area contributed by atoms with E-state index in [-0.39, 0.29) is 23.9 Å². The molecule has 1 aromatic carbocycles. The van der Waals surface area contributed by atoms with Crippen LogP contribution in [0, 0.1) is 6.92 Å². The molecular weight excluding hydrogens is 266 g/mol. The zero-order chi connectivity index (χ0) is 16.0. The number of hydrogen-bond donors (Lipinski definition) is 3. The van der Waals surface area contributed by atoms with E-state index in [1.807, 2.05) is 45.9 Å². The standard InChI is InChI=1S/C16H25N3O2/c1-6-14(20)18-12-8-7-9-13(11(12)2)19-15(21)10-17-16(3,4)5/h7-9,17H,6,10H2,1-5H3,(H,18,20)(H,19,21). The molecule has 0 aliphatic heterocycles. The minimum absolute atomic E-state index is 0.0454. The normalized spacial score (nSPS) is 11.1. The van der Waals surface area contributed by atoms with Gasteiger partial charge in [-0.3, -0.25) is 9.59 Å². The van der Waals surface area contributed by atoms with E-state index in [1.54, 1.807) is 6.92 Å². The molecule has 21 heavy (non-hydrogen) atoms. The first-order valence-corrected chi connectivity index (χ1v) is 7.17. The summed E-state index contributed by atoms with van der Waals surface area (Å²) in [6, 6.07) is 5.46. The zero-order valence-electron chi connectivity index (χ0n) is 13.5. The maximum atomic E-state index is 11.9. The Morgan fingerprint density at radius 1 is 1.05 bits per heavy atom. The van der Waals surface area contributed by atoms with E-state index < -0.39 is 0 Å². The molecule has 0 atom stereocenters. The molecule has 1 rings (SSSR count). The molecule has 1 aromatic rings. The summed E-state index contributed by atoms with van der Waals surface area (Å²) in [6.45, 7) is 9.94. The molecule has 0 heterocycles. The number of carbonyl (C=O) groups excluding carboxylic acids is 2. The Morgan fingerprint density at radius 3 is 2.05 bits per heavy atom. The third-order valence-electron chi connectivity index (χ3n) is 2.98. The highest BCUT2D eigenvalue weighted by Crippen LogP contribution is 2.23. The van der Waals surface area contributed by atoms with Gasteiger partial charge in [-0.2, -0.15) is 0 Å². The maximum Gasteiger partial charge on any atom is 0.238 e. The highest BCUT2D eigenvalue weighted by molar-refractivity contribution is 5.96.